The standard InChI is InChI=1S/C44H51N13O7/c1-54-24-29(50-42(62)35-16-27(22-55(35)2)48-38(58)20-45)18-34(54)41(61)47-15-8-7-13-33(40(60)52-32-14-9-11-26-10-5-6-12-31(26)32)53-44(64)37-19-30(25-57(37)4)51-43(63)36-17-28(23-56(36)3)49-39(59)21-46/h5-6,9-12,14,16-19,22-25,33H,7-8,13,15,20-21,45-46H2,1-4H3,(H,47,61)(H,48,58)(H,49,59)(H,50,62)(H,51,63)(H,52,60)(H,53,64). The van der Waals surface area contributed by atoms with Crippen molar-refractivity contribution >= 4 is 80.6 Å². The summed E-state index contributed by atoms with van der Waals surface area (Å²) in [6, 6.07) is 18.2. The van der Waals surface area contributed by atoms with Crippen molar-refractivity contribution in [3.8, 4) is 0 Å². The molecule has 0 aliphatic carbocycles. The highest BCUT2D eigenvalue weighted by atomic mass is 16.2. The SMILES string of the molecule is Cn1cc(NC(=O)c2cc(NC(=O)CN)cn2C)cc1C(=O)NCCCCC(NC(=O)c1cc(NC(=O)c2cc(NC(=O)CN)cn2C)cn1C)C(=O)Nc1cccc2ccccc12. The minimum atomic E-state index is -0.989. The van der Waals surface area contributed by atoms with Crippen LogP contribution >= 0.6 is 0 Å². The summed E-state index contributed by atoms with van der Waals surface area (Å²) >= 11 is 0. The zero-order chi connectivity index (χ0) is 46.1. The summed E-state index contributed by atoms with van der Waals surface area (Å²) in [5.41, 5.74) is 13.8. The molecule has 4 aromatic heterocycles. The molecule has 0 spiro atoms. The number of carbonyl (C=O) groups is 7. The number of hydrogen-bond acceptors (Lipinski definition) is 9. The second kappa shape index (κ2) is 20.3. The Morgan fingerprint density at radius 1 is 0.531 bits per heavy atom. The number of anilines is 5. The lowest BCUT2D eigenvalue weighted by atomic mass is 10.1. The van der Waals surface area contributed by atoms with Gasteiger partial charge in [-0.05, 0) is 55.0 Å². The number of hydrogen-bond donors (Lipinski definition) is 9. The van der Waals surface area contributed by atoms with Crippen LogP contribution in [0.1, 0.15) is 61.2 Å². The molecule has 2 aromatic carbocycles. The van der Waals surface area contributed by atoms with E-state index in [9.17, 15) is 33.6 Å². The maximum atomic E-state index is 13.9. The molecule has 20 heteroatoms. The van der Waals surface area contributed by atoms with E-state index in [0.29, 0.717) is 47.0 Å². The molecule has 0 radical (unpaired) electrons. The topological polar surface area (TPSA) is 275 Å². The molecule has 20 nitrogen and oxygen atoms in total. The molecule has 7 amide bonds. The van der Waals surface area contributed by atoms with Gasteiger partial charge in [0.25, 0.3) is 23.6 Å². The average molecular weight is 874 g/mol. The fourth-order valence-electron chi connectivity index (χ4n) is 7.07. The van der Waals surface area contributed by atoms with Crippen LogP contribution in [0.5, 0.6) is 0 Å². The number of aromatic nitrogens is 4. The molecule has 0 aliphatic heterocycles. The van der Waals surface area contributed by atoms with E-state index in [2.05, 4.69) is 37.2 Å². The van der Waals surface area contributed by atoms with Crippen LogP contribution in [-0.4, -0.2) is 85.3 Å². The van der Waals surface area contributed by atoms with Crippen molar-refractivity contribution < 1.29 is 33.6 Å². The Morgan fingerprint density at radius 2 is 0.984 bits per heavy atom. The van der Waals surface area contributed by atoms with Gasteiger partial charge in [0.2, 0.25) is 17.7 Å². The Labute approximate surface area is 367 Å². The summed E-state index contributed by atoms with van der Waals surface area (Å²) in [5.74, 6) is -3.13. The lowest BCUT2D eigenvalue weighted by Crippen LogP contribution is -2.44. The largest absolute Gasteiger partial charge is 0.351 e. The summed E-state index contributed by atoms with van der Waals surface area (Å²) in [7, 11) is 6.61. The molecule has 6 rings (SSSR count). The Balaban J connectivity index is 1.08. The Bertz CT molecular complexity index is 2740. The van der Waals surface area contributed by atoms with Crippen molar-refractivity contribution in [1.29, 1.82) is 0 Å². The number of nitrogens with two attached hydrogens (primary N) is 2. The van der Waals surface area contributed by atoms with Gasteiger partial charge < -0.3 is 67.0 Å². The van der Waals surface area contributed by atoms with Gasteiger partial charge in [-0.1, -0.05) is 36.4 Å². The van der Waals surface area contributed by atoms with Crippen LogP contribution in [-0.2, 0) is 42.6 Å². The van der Waals surface area contributed by atoms with Crippen molar-refractivity contribution in [1.82, 2.24) is 28.9 Å². The predicted octanol–water partition coefficient (Wildman–Crippen LogP) is 2.83. The second-order valence-electron chi connectivity index (χ2n) is 15.1. The van der Waals surface area contributed by atoms with E-state index in [1.54, 1.807) is 78.8 Å². The zero-order valence-electron chi connectivity index (χ0n) is 35.8. The van der Waals surface area contributed by atoms with Crippen molar-refractivity contribution in [3.05, 3.63) is 114 Å². The Morgan fingerprint density at radius 3 is 1.50 bits per heavy atom. The van der Waals surface area contributed by atoms with Gasteiger partial charge in [0, 0.05) is 70.6 Å². The van der Waals surface area contributed by atoms with Crippen molar-refractivity contribution in [2.24, 2.45) is 39.7 Å². The van der Waals surface area contributed by atoms with E-state index in [0.717, 1.165) is 10.8 Å². The quantitative estimate of drug-likeness (QED) is 0.0574. The number of nitrogens with zero attached hydrogens (tertiary/aromatic N) is 4. The first-order chi connectivity index (χ1) is 30.6. The predicted molar refractivity (Wildman–Crippen MR) is 243 cm³/mol. The molecule has 1 atom stereocenters. The summed E-state index contributed by atoms with van der Waals surface area (Å²) in [5, 5.41) is 21.2. The van der Waals surface area contributed by atoms with Gasteiger partial charge in [0.05, 0.1) is 35.8 Å². The third-order valence-corrected chi connectivity index (χ3v) is 10.3. The van der Waals surface area contributed by atoms with E-state index in [-0.39, 0.29) is 49.0 Å². The van der Waals surface area contributed by atoms with E-state index in [1.807, 2.05) is 36.4 Å². The number of unbranched alkanes of at least 4 members (excludes halogenated alkanes) is 1. The summed E-state index contributed by atoms with van der Waals surface area (Å²) in [6.45, 7) is -0.162. The fourth-order valence-corrected chi connectivity index (χ4v) is 7.07. The molecule has 1 unspecified atom stereocenters. The number of amides is 7. The second-order valence-corrected chi connectivity index (χ2v) is 15.1. The fraction of sp³-hybridized carbons (Fsp3) is 0.250. The monoisotopic (exact) mass is 873 g/mol. The van der Waals surface area contributed by atoms with Crippen LogP contribution in [0.15, 0.2) is 91.5 Å². The van der Waals surface area contributed by atoms with Crippen LogP contribution in [0.25, 0.3) is 10.8 Å². The molecule has 0 bridgehead atoms. The zero-order valence-corrected chi connectivity index (χ0v) is 35.8. The normalized spacial score (nSPS) is 11.4. The Kier molecular flexibility index (Phi) is 14.4. The highest BCUT2D eigenvalue weighted by molar-refractivity contribution is 6.08. The van der Waals surface area contributed by atoms with Crippen LogP contribution in [0.3, 0.4) is 0 Å². The van der Waals surface area contributed by atoms with Gasteiger partial charge in [-0.25, -0.2) is 0 Å². The lowest BCUT2D eigenvalue weighted by molar-refractivity contribution is -0.118. The van der Waals surface area contributed by atoms with Gasteiger partial charge in [-0.3, -0.25) is 33.6 Å². The summed E-state index contributed by atoms with van der Waals surface area (Å²) in [4.78, 5) is 90.6. The lowest BCUT2D eigenvalue weighted by Gasteiger charge is -2.19. The molecule has 4 heterocycles. The van der Waals surface area contributed by atoms with Gasteiger partial charge >= 0.3 is 0 Å². The van der Waals surface area contributed by atoms with Crippen molar-refractivity contribution in [2.45, 2.75) is 25.3 Å². The highest BCUT2D eigenvalue weighted by Gasteiger charge is 2.25. The number of aryl methyl sites for hydroxylation is 4. The van der Waals surface area contributed by atoms with Crippen molar-refractivity contribution in [2.75, 3.05) is 46.2 Å². The Hall–Kier alpha value is -7.97. The molecule has 0 saturated heterocycles. The first-order valence-corrected chi connectivity index (χ1v) is 20.3. The van der Waals surface area contributed by atoms with E-state index >= 15 is 0 Å². The smallest absolute Gasteiger partial charge is 0.272 e. The van der Waals surface area contributed by atoms with E-state index in [4.69, 9.17) is 11.5 Å². The number of rotatable bonds is 18. The summed E-state index contributed by atoms with van der Waals surface area (Å²) < 4.78 is 6.20. The van der Waals surface area contributed by atoms with Gasteiger partial charge in [0.1, 0.15) is 28.8 Å². The number of nitrogens with one attached hydrogen (secondary N) is 7. The van der Waals surface area contributed by atoms with Crippen LogP contribution < -0.4 is 48.7 Å². The van der Waals surface area contributed by atoms with Gasteiger partial charge in [-0.15, -0.1) is 0 Å². The molecule has 64 heavy (non-hydrogen) atoms. The molecule has 0 fully saturated rings. The molecular weight excluding hydrogens is 823 g/mol. The van der Waals surface area contributed by atoms with Crippen molar-refractivity contribution in [3.63, 3.8) is 0 Å². The third-order valence-electron chi connectivity index (χ3n) is 10.3. The molecular formula is C44H51N13O7. The molecule has 334 valence electrons. The van der Waals surface area contributed by atoms with E-state index in [1.165, 1.54) is 22.8 Å². The number of fused-ring (bicyclic) bond motifs is 1. The van der Waals surface area contributed by atoms with E-state index < -0.39 is 41.5 Å². The van der Waals surface area contributed by atoms with Crippen LogP contribution in [0.2, 0.25) is 0 Å². The summed E-state index contributed by atoms with van der Waals surface area (Å²) in [6.07, 6.45) is 7.44. The van der Waals surface area contributed by atoms with Gasteiger partial charge in [-0.2, -0.15) is 0 Å². The molecule has 6 aromatic rings. The maximum Gasteiger partial charge on any atom is 0.272 e. The highest BCUT2D eigenvalue weighted by Crippen LogP contribution is 2.24. The minimum Gasteiger partial charge on any atom is -0.351 e. The van der Waals surface area contributed by atoms with Gasteiger partial charge in [0.15, 0.2) is 0 Å². The first kappa shape index (κ1) is 45.6. The number of carbonyl (C=O) groups excluding carboxylic acids is 7. The minimum absolute atomic E-state index is 0.177. The molecule has 11 N–H and O–H groups in total. The van der Waals surface area contributed by atoms with Crippen LogP contribution in [0, 0.1) is 0 Å². The van der Waals surface area contributed by atoms with Crippen LogP contribution in [0.4, 0.5) is 28.4 Å². The maximum absolute atomic E-state index is 13.9. The molecule has 0 aliphatic rings. The first-order valence-electron chi connectivity index (χ1n) is 20.3. The average Bonchev–Trinajstić information content (AvgIpc) is 4.04. The number of benzene rings is 2. The molecule has 0 saturated carbocycles. The third kappa shape index (κ3) is 11.1.